The lowest BCUT2D eigenvalue weighted by atomic mass is 10.2. The van der Waals surface area contributed by atoms with Gasteiger partial charge >= 0.3 is 0 Å². The molecule has 32 heavy (non-hydrogen) atoms. The highest BCUT2D eigenvalue weighted by Gasteiger charge is 2.19. The summed E-state index contributed by atoms with van der Waals surface area (Å²) in [5.74, 6) is 6.95. The van der Waals surface area contributed by atoms with Gasteiger partial charge in [0, 0.05) is 25.3 Å². The van der Waals surface area contributed by atoms with Crippen LogP contribution in [0.4, 0.5) is 5.69 Å². The number of benzene rings is 2. The van der Waals surface area contributed by atoms with Crippen molar-refractivity contribution in [2.75, 3.05) is 38.1 Å². The number of nitrogens with one attached hydrogen (secondary N) is 1. The molecule has 0 aliphatic rings. The first-order valence-electron chi connectivity index (χ1n) is 9.44. The minimum Gasteiger partial charge on any atom is -0.497 e. The van der Waals surface area contributed by atoms with E-state index in [1.807, 2.05) is 12.1 Å². The van der Waals surface area contributed by atoms with Crippen LogP contribution in [0.2, 0.25) is 0 Å². The van der Waals surface area contributed by atoms with Gasteiger partial charge in [-0.15, -0.1) is 10.2 Å². The third-order valence-electron chi connectivity index (χ3n) is 4.61. The molecule has 2 aromatic carbocycles. The normalized spacial score (nSPS) is 11.5. The van der Waals surface area contributed by atoms with Gasteiger partial charge in [-0.05, 0) is 48.9 Å². The number of carbonyl (C=O) groups excluding carboxylic acids is 1. The second kappa shape index (κ2) is 9.59. The molecule has 0 fully saturated rings. The lowest BCUT2D eigenvalue weighted by molar-refractivity contribution is -0.113. The van der Waals surface area contributed by atoms with Crippen molar-refractivity contribution in [2.45, 2.75) is 17.0 Å². The minimum absolute atomic E-state index is 0.0159. The van der Waals surface area contributed by atoms with Gasteiger partial charge in [-0.3, -0.25) is 4.79 Å². The number of carbonyl (C=O) groups is 1. The predicted molar refractivity (Wildman–Crippen MR) is 124 cm³/mol. The molecule has 0 aliphatic carbocycles. The number of rotatable bonds is 8. The van der Waals surface area contributed by atoms with E-state index < -0.39 is 10.0 Å². The summed E-state index contributed by atoms with van der Waals surface area (Å²) in [5, 5.41) is 11.3. The average Bonchev–Trinajstić information content (AvgIpc) is 3.14. The molecule has 1 amide bonds. The molecule has 0 radical (unpaired) electrons. The first-order valence-corrected chi connectivity index (χ1v) is 11.9. The van der Waals surface area contributed by atoms with Crippen molar-refractivity contribution in [3.05, 3.63) is 48.0 Å². The van der Waals surface area contributed by atoms with E-state index in [1.165, 1.54) is 30.9 Å². The molecule has 1 aromatic heterocycles. The van der Waals surface area contributed by atoms with Crippen LogP contribution in [-0.4, -0.2) is 60.5 Å². The SMILES string of the molecule is COc1ccc(-c2nnc(SCC(=O)Nc3cc(S(=O)(=O)N(C)C)ccc3C)n2N)cc1. The Morgan fingerprint density at radius 1 is 1.19 bits per heavy atom. The third-order valence-corrected chi connectivity index (χ3v) is 7.36. The Morgan fingerprint density at radius 2 is 1.88 bits per heavy atom. The fraction of sp³-hybridized carbons (Fsp3) is 0.250. The van der Waals surface area contributed by atoms with Crippen LogP contribution >= 0.6 is 11.8 Å². The van der Waals surface area contributed by atoms with Crippen LogP contribution < -0.4 is 15.9 Å². The lowest BCUT2D eigenvalue weighted by Crippen LogP contribution is -2.23. The van der Waals surface area contributed by atoms with E-state index >= 15 is 0 Å². The second-order valence-corrected chi connectivity index (χ2v) is 10.1. The Bertz CT molecular complexity index is 1220. The number of methoxy groups -OCH3 is 1. The highest BCUT2D eigenvalue weighted by Crippen LogP contribution is 2.25. The molecule has 3 rings (SSSR count). The fourth-order valence-electron chi connectivity index (χ4n) is 2.74. The third kappa shape index (κ3) is 5.03. The molecule has 3 N–H and O–H groups in total. The molecule has 0 saturated heterocycles. The van der Waals surface area contributed by atoms with Gasteiger partial charge in [0.25, 0.3) is 0 Å². The van der Waals surface area contributed by atoms with E-state index in [4.69, 9.17) is 10.6 Å². The van der Waals surface area contributed by atoms with Crippen molar-refractivity contribution in [1.29, 1.82) is 0 Å². The molecule has 0 atom stereocenters. The van der Waals surface area contributed by atoms with Crippen molar-refractivity contribution in [1.82, 2.24) is 19.2 Å². The number of aryl methyl sites for hydroxylation is 1. The van der Waals surface area contributed by atoms with E-state index in [-0.39, 0.29) is 16.6 Å². The first kappa shape index (κ1) is 23.6. The van der Waals surface area contributed by atoms with E-state index in [0.717, 1.165) is 27.2 Å². The molecular formula is C20H24N6O4S2. The Labute approximate surface area is 190 Å². The Kier molecular flexibility index (Phi) is 7.06. The Morgan fingerprint density at radius 3 is 2.50 bits per heavy atom. The number of nitrogen functional groups attached to an aromatic ring is 1. The van der Waals surface area contributed by atoms with Gasteiger partial charge in [-0.2, -0.15) is 0 Å². The van der Waals surface area contributed by atoms with Crippen molar-refractivity contribution in [2.24, 2.45) is 0 Å². The quantitative estimate of drug-likeness (QED) is 0.372. The van der Waals surface area contributed by atoms with Gasteiger partial charge in [0.2, 0.25) is 21.1 Å². The summed E-state index contributed by atoms with van der Waals surface area (Å²) in [6, 6.07) is 11.8. The summed E-state index contributed by atoms with van der Waals surface area (Å²) in [6.45, 7) is 1.78. The number of hydrogen-bond acceptors (Lipinski definition) is 8. The summed E-state index contributed by atoms with van der Waals surface area (Å²) in [4.78, 5) is 12.6. The van der Waals surface area contributed by atoms with Crippen LogP contribution in [0, 0.1) is 6.92 Å². The minimum atomic E-state index is -3.61. The van der Waals surface area contributed by atoms with E-state index in [1.54, 1.807) is 32.2 Å². The first-order chi connectivity index (χ1) is 15.1. The molecule has 3 aromatic rings. The van der Waals surface area contributed by atoms with Crippen LogP contribution in [0.5, 0.6) is 5.75 Å². The molecular weight excluding hydrogens is 452 g/mol. The largest absolute Gasteiger partial charge is 0.497 e. The molecule has 0 unspecified atom stereocenters. The van der Waals surface area contributed by atoms with Crippen molar-refractivity contribution in [3.63, 3.8) is 0 Å². The van der Waals surface area contributed by atoms with Crippen molar-refractivity contribution < 1.29 is 17.9 Å². The topological polar surface area (TPSA) is 132 Å². The van der Waals surface area contributed by atoms with Crippen LogP contribution in [0.1, 0.15) is 5.56 Å². The summed E-state index contributed by atoms with van der Waals surface area (Å²) < 4.78 is 32.3. The number of amides is 1. The number of sulfonamides is 1. The predicted octanol–water partition coefficient (Wildman–Crippen LogP) is 1.96. The molecule has 0 saturated carbocycles. The average molecular weight is 477 g/mol. The van der Waals surface area contributed by atoms with Crippen molar-refractivity contribution in [3.8, 4) is 17.1 Å². The van der Waals surface area contributed by atoms with Gasteiger partial charge in [0.15, 0.2) is 5.82 Å². The smallest absolute Gasteiger partial charge is 0.242 e. The second-order valence-electron chi connectivity index (χ2n) is 7.01. The van der Waals surface area contributed by atoms with Crippen LogP contribution in [0.25, 0.3) is 11.4 Å². The lowest BCUT2D eigenvalue weighted by Gasteiger charge is -2.14. The number of anilines is 1. The molecule has 0 bridgehead atoms. The number of hydrogen-bond donors (Lipinski definition) is 2. The van der Waals surface area contributed by atoms with Gasteiger partial charge in [-0.25, -0.2) is 17.4 Å². The fourth-order valence-corrected chi connectivity index (χ4v) is 4.32. The zero-order valence-corrected chi connectivity index (χ0v) is 19.7. The maximum absolute atomic E-state index is 12.5. The van der Waals surface area contributed by atoms with Crippen LogP contribution in [0.3, 0.4) is 0 Å². The highest BCUT2D eigenvalue weighted by atomic mass is 32.2. The zero-order chi connectivity index (χ0) is 23.5. The maximum Gasteiger partial charge on any atom is 0.242 e. The number of ether oxygens (including phenoxy) is 1. The molecule has 10 nitrogen and oxygen atoms in total. The molecule has 170 valence electrons. The summed E-state index contributed by atoms with van der Waals surface area (Å²) >= 11 is 1.12. The number of aromatic nitrogens is 3. The summed E-state index contributed by atoms with van der Waals surface area (Å²) in [7, 11) is 0.876. The number of nitrogens with two attached hydrogens (primary N) is 1. The van der Waals surface area contributed by atoms with Crippen LogP contribution in [-0.2, 0) is 14.8 Å². The van der Waals surface area contributed by atoms with E-state index in [0.29, 0.717) is 22.4 Å². The molecule has 12 heteroatoms. The summed E-state index contributed by atoms with van der Waals surface area (Å²) in [6.07, 6.45) is 0. The molecule has 0 aliphatic heterocycles. The van der Waals surface area contributed by atoms with Crippen LogP contribution in [0.15, 0.2) is 52.5 Å². The maximum atomic E-state index is 12.5. The standard InChI is InChI=1S/C20H24N6O4S2/c1-13-5-10-16(32(28,29)25(2)3)11-17(13)22-18(27)12-31-20-24-23-19(26(20)21)14-6-8-15(30-4)9-7-14/h5-11H,12,21H2,1-4H3,(H,22,27). The number of nitrogens with zero attached hydrogens (tertiary/aromatic N) is 4. The van der Waals surface area contributed by atoms with Gasteiger partial charge < -0.3 is 15.9 Å². The molecule has 1 heterocycles. The van der Waals surface area contributed by atoms with Gasteiger partial charge in [0.05, 0.1) is 17.8 Å². The van der Waals surface area contributed by atoms with Gasteiger partial charge in [-0.1, -0.05) is 17.8 Å². The Hall–Kier alpha value is -3.09. The number of thioether (sulfide) groups is 1. The summed E-state index contributed by atoms with van der Waals surface area (Å²) in [5.41, 5.74) is 1.92. The van der Waals surface area contributed by atoms with Crippen molar-refractivity contribution >= 4 is 33.4 Å². The van der Waals surface area contributed by atoms with E-state index in [2.05, 4.69) is 15.5 Å². The van der Waals surface area contributed by atoms with E-state index in [9.17, 15) is 13.2 Å². The van der Waals surface area contributed by atoms with Gasteiger partial charge in [0.1, 0.15) is 5.75 Å². The monoisotopic (exact) mass is 476 g/mol. The highest BCUT2D eigenvalue weighted by molar-refractivity contribution is 7.99. The zero-order valence-electron chi connectivity index (χ0n) is 18.1. The Balaban J connectivity index is 1.69. The molecule has 0 spiro atoms.